The zero-order valence-electron chi connectivity index (χ0n) is 11.4. The highest BCUT2D eigenvalue weighted by Crippen LogP contribution is 2.30. The van der Waals surface area contributed by atoms with Gasteiger partial charge in [-0.2, -0.15) is 0 Å². The predicted octanol–water partition coefficient (Wildman–Crippen LogP) is 2.86. The molecule has 0 bridgehead atoms. The van der Waals surface area contributed by atoms with E-state index in [0.29, 0.717) is 5.56 Å². The van der Waals surface area contributed by atoms with Gasteiger partial charge in [-0.1, -0.05) is 24.3 Å². The van der Waals surface area contributed by atoms with Crippen molar-refractivity contribution in [1.29, 1.82) is 0 Å². The van der Waals surface area contributed by atoms with Gasteiger partial charge in [0, 0.05) is 0 Å². The van der Waals surface area contributed by atoms with Crippen molar-refractivity contribution in [3.8, 4) is 5.75 Å². The van der Waals surface area contributed by atoms with Gasteiger partial charge < -0.3 is 15.4 Å². The van der Waals surface area contributed by atoms with Gasteiger partial charge >= 0.3 is 0 Å². The lowest BCUT2D eigenvalue weighted by Crippen LogP contribution is -2.38. The summed E-state index contributed by atoms with van der Waals surface area (Å²) in [6, 6.07) is 13.4. The maximum absolute atomic E-state index is 12.2. The fraction of sp³-hybridized carbons (Fsp3) is 0.188. The summed E-state index contributed by atoms with van der Waals surface area (Å²) in [5.41, 5.74) is 3.60. The van der Waals surface area contributed by atoms with Gasteiger partial charge in [-0.15, -0.1) is 0 Å². The minimum Gasteiger partial charge on any atom is -0.497 e. The van der Waals surface area contributed by atoms with Gasteiger partial charge in [0.15, 0.2) is 0 Å². The quantitative estimate of drug-likeness (QED) is 0.880. The third-order valence-electron chi connectivity index (χ3n) is 3.51. The van der Waals surface area contributed by atoms with Crippen molar-refractivity contribution < 1.29 is 9.53 Å². The Bertz CT molecular complexity index is 667. The van der Waals surface area contributed by atoms with Crippen molar-refractivity contribution in [2.24, 2.45) is 0 Å². The lowest BCUT2D eigenvalue weighted by atomic mass is 10.0. The van der Waals surface area contributed by atoms with Crippen molar-refractivity contribution in [3.63, 3.8) is 0 Å². The maximum Gasteiger partial charge on any atom is 0.255 e. The summed E-state index contributed by atoms with van der Waals surface area (Å²) in [4.78, 5) is 12.2. The molecule has 1 aliphatic heterocycles. The van der Waals surface area contributed by atoms with Crippen LogP contribution in [0.25, 0.3) is 0 Å². The van der Waals surface area contributed by atoms with E-state index in [1.165, 1.54) is 0 Å². The van der Waals surface area contributed by atoms with Crippen molar-refractivity contribution in [2.45, 2.75) is 13.1 Å². The van der Waals surface area contributed by atoms with Gasteiger partial charge in [-0.05, 0) is 36.2 Å². The highest BCUT2D eigenvalue weighted by Gasteiger charge is 2.25. The van der Waals surface area contributed by atoms with Crippen LogP contribution < -0.4 is 15.4 Å². The normalized spacial score (nSPS) is 16.9. The Kier molecular flexibility index (Phi) is 3.06. The monoisotopic (exact) mass is 268 g/mol. The molecule has 102 valence electrons. The van der Waals surface area contributed by atoms with Crippen LogP contribution in [0.3, 0.4) is 0 Å². The van der Waals surface area contributed by atoms with Gasteiger partial charge in [0.1, 0.15) is 11.9 Å². The van der Waals surface area contributed by atoms with E-state index in [0.717, 1.165) is 22.6 Å². The Morgan fingerprint density at radius 3 is 2.70 bits per heavy atom. The molecule has 0 aromatic heterocycles. The number of ether oxygens (including phenoxy) is 1. The molecule has 4 nitrogen and oxygen atoms in total. The Morgan fingerprint density at radius 1 is 1.10 bits per heavy atom. The fourth-order valence-corrected chi connectivity index (χ4v) is 2.43. The summed E-state index contributed by atoms with van der Waals surface area (Å²) in [7, 11) is 1.63. The summed E-state index contributed by atoms with van der Waals surface area (Å²) in [5, 5.41) is 6.34. The van der Waals surface area contributed by atoms with Gasteiger partial charge in [0.2, 0.25) is 0 Å². The fourth-order valence-electron chi connectivity index (χ4n) is 2.43. The minimum atomic E-state index is -0.244. The van der Waals surface area contributed by atoms with Crippen LogP contribution in [-0.2, 0) is 0 Å². The van der Waals surface area contributed by atoms with Gasteiger partial charge in [-0.25, -0.2) is 0 Å². The number of carbonyl (C=O) groups excluding carboxylic acids is 1. The molecule has 0 unspecified atom stereocenters. The SMILES string of the molecule is COc1cccc([C@H]2NC(=O)c3cccc(C)c3N2)c1. The van der Waals surface area contributed by atoms with E-state index in [-0.39, 0.29) is 12.1 Å². The molecular weight excluding hydrogens is 252 g/mol. The van der Waals surface area contributed by atoms with Gasteiger partial charge in [-0.3, -0.25) is 4.79 Å². The molecule has 1 aliphatic rings. The number of anilines is 1. The molecular formula is C16H16N2O2. The first kappa shape index (κ1) is 12.5. The van der Waals surface area contributed by atoms with E-state index in [1.54, 1.807) is 7.11 Å². The molecule has 2 aromatic rings. The van der Waals surface area contributed by atoms with Crippen LogP contribution in [0.4, 0.5) is 5.69 Å². The van der Waals surface area contributed by atoms with Crippen LogP contribution in [-0.4, -0.2) is 13.0 Å². The highest BCUT2D eigenvalue weighted by atomic mass is 16.5. The first-order valence-corrected chi connectivity index (χ1v) is 6.50. The second-order valence-corrected chi connectivity index (χ2v) is 4.82. The second-order valence-electron chi connectivity index (χ2n) is 4.82. The second kappa shape index (κ2) is 4.89. The number of nitrogens with one attached hydrogen (secondary N) is 2. The molecule has 0 aliphatic carbocycles. The molecule has 0 spiro atoms. The third kappa shape index (κ3) is 2.09. The molecule has 4 heteroatoms. The van der Waals surface area contributed by atoms with E-state index in [4.69, 9.17) is 4.74 Å². The Morgan fingerprint density at radius 2 is 1.90 bits per heavy atom. The van der Waals surface area contributed by atoms with Gasteiger partial charge in [0.05, 0.1) is 18.4 Å². The number of aryl methyl sites for hydroxylation is 1. The average Bonchev–Trinajstić information content (AvgIpc) is 2.48. The zero-order valence-corrected chi connectivity index (χ0v) is 11.4. The summed E-state index contributed by atoms with van der Waals surface area (Å²) in [6.45, 7) is 1.99. The third-order valence-corrected chi connectivity index (χ3v) is 3.51. The van der Waals surface area contributed by atoms with Crippen molar-refractivity contribution in [2.75, 3.05) is 12.4 Å². The van der Waals surface area contributed by atoms with E-state index in [9.17, 15) is 4.79 Å². The summed E-state index contributed by atoms with van der Waals surface area (Å²) in [5.74, 6) is 0.712. The number of rotatable bonds is 2. The van der Waals surface area contributed by atoms with E-state index in [2.05, 4.69) is 10.6 Å². The average molecular weight is 268 g/mol. The first-order valence-electron chi connectivity index (χ1n) is 6.50. The molecule has 1 atom stereocenters. The molecule has 0 fully saturated rings. The molecule has 2 aromatic carbocycles. The van der Waals surface area contributed by atoms with E-state index < -0.39 is 0 Å². The number of hydrogen-bond acceptors (Lipinski definition) is 3. The lowest BCUT2D eigenvalue weighted by molar-refractivity contribution is 0.0935. The number of benzene rings is 2. The maximum atomic E-state index is 12.2. The smallest absolute Gasteiger partial charge is 0.255 e. The number of methoxy groups -OCH3 is 1. The first-order chi connectivity index (χ1) is 9.69. The van der Waals surface area contributed by atoms with Crippen molar-refractivity contribution in [1.82, 2.24) is 5.32 Å². The Hall–Kier alpha value is -2.49. The van der Waals surface area contributed by atoms with Crippen molar-refractivity contribution >= 4 is 11.6 Å². The van der Waals surface area contributed by atoms with Crippen LogP contribution >= 0.6 is 0 Å². The van der Waals surface area contributed by atoms with Crippen LogP contribution in [0.5, 0.6) is 5.75 Å². The van der Waals surface area contributed by atoms with Gasteiger partial charge in [0.25, 0.3) is 5.91 Å². The molecule has 0 saturated heterocycles. The summed E-state index contributed by atoms with van der Waals surface area (Å²) >= 11 is 0. The van der Waals surface area contributed by atoms with Crippen LogP contribution in [0, 0.1) is 6.92 Å². The molecule has 2 N–H and O–H groups in total. The minimum absolute atomic E-state index is 0.0599. The standard InChI is InChI=1S/C16H16N2O2/c1-10-5-3-8-13-14(10)17-15(18-16(13)19)11-6-4-7-12(9-11)20-2/h3-9,15,17H,1-2H3,(H,18,19)/t15-/m1/s1. The molecule has 1 amide bonds. The van der Waals surface area contributed by atoms with Crippen LogP contribution in [0.2, 0.25) is 0 Å². The number of para-hydroxylation sites is 1. The largest absolute Gasteiger partial charge is 0.497 e. The van der Waals surface area contributed by atoms with Crippen LogP contribution in [0.1, 0.15) is 27.7 Å². The number of amides is 1. The number of carbonyl (C=O) groups is 1. The summed E-state index contributed by atoms with van der Waals surface area (Å²) in [6.07, 6.45) is -0.244. The lowest BCUT2D eigenvalue weighted by Gasteiger charge is -2.29. The van der Waals surface area contributed by atoms with E-state index in [1.807, 2.05) is 49.4 Å². The highest BCUT2D eigenvalue weighted by molar-refractivity contribution is 6.02. The Balaban J connectivity index is 1.98. The summed E-state index contributed by atoms with van der Waals surface area (Å²) < 4.78 is 5.23. The topological polar surface area (TPSA) is 50.4 Å². The van der Waals surface area contributed by atoms with Crippen molar-refractivity contribution in [3.05, 3.63) is 59.2 Å². The molecule has 1 heterocycles. The van der Waals surface area contributed by atoms with E-state index >= 15 is 0 Å². The number of hydrogen-bond donors (Lipinski definition) is 2. The number of fused-ring (bicyclic) bond motifs is 1. The molecule has 0 saturated carbocycles. The predicted molar refractivity (Wildman–Crippen MR) is 78.0 cm³/mol. The van der Waals surface area contributed by atoms with Crippen LogP contribution in [0.15, 0.2) is 42.5 Å². The molecule has 3 rings (SSSR count). The zero-order chi connectivity index (χ0) is 14.1. The Labute approximate surface area is 117 Å². The molecule has 0 radical (unpaired) electrons. The molecule has 20 heavy (non-hydrogen) atoms.